The third-order valence-corrected chi connectivity index (χ3v) is 6.12. The van der Waals surface area contributed by atoms with Gasteiger partial charge in [-0.25, -0.2) is 13.6 Å². The summed E-state index contributed by atoms with van der Waals surface area (Å²) in [6.45, 7) is 0. The van der Waals surface area contributed by atoms with Gasteiger partial charge in [0.05, 0.1) is 5.69 Å². The van der Waals surface area contributed by atoms with Crippen molar-refractivity contribution in [2.45, 2.75) is 49.1 Å². The number of aromatic nitrogens is 2. The summed E-state index contributed by atoms with van der Waals surface area (Å²) >= 11 is 0. The molecular formula is C23H24F2N4O11. The fourth-order valence-electron chi connectivity index (χ4n) is 4.17. The molecule has 0 saturated carbocycles. The number of ether oxygens (including phenoxy) is 4. The Balaban J connectivity index is 1.56. The molecule has 0 spiro atoms. The van der Waals surface area contributed by atoms with E-state index in [4.69, 9.17) is 24.7 Å². The van der Waals surface area contributed by atoms with Gasteiger partial charge in [0.25, 0.3) is 11.5 Å². The second-order valence-corrected chi connectivity index (χ2v) is 8.71. The van der Waals surface area contributed by atoms with Crippen LogP contribution in [0.25, 0.3) is 0 Å². The van der Waals surface area contributed by atoms with Crippen LogP contribution in [0.4, 0.5) is 14.5 Å². The number of primary amides is 1. The Bertz CT molecular complexity index is 1430. The first-order valence-corrected chi connectivity index (χ1v) is 11.6. The molecule has 2 aliphatic heterocycles. The van der Waals surface area contributed by atoms with Crippen LogP contribution in [0.15, 0.2) is 51.9 Å². The van der Waals surface area contributed by atoms with E-state index in [1.54, 1.807) is 0 Å². The Morgan fingerprint density at radius 3 is 2.55 bits per heavy atom. The maximum Gasteiger partial charge on any atom is 0.330 e. The highest BCUT2D eigenvalue weighted by molar-refractivity contribution is 6.02. The smallest absolute Gasteiger partial charge is 0.330 e. The van der Waals surface area contributed by atoms with Crippen molar-refractivity contribution in [1.29, 1.82) is 0 Å². The molecule has 1 fully saturated rings. The van der Waals surface area contributed by atoms with Gasteiger partial charge in [-0.2, -0.15) is 0 Å². The summed E-state index contributed by atoms with van der Waals surface area (Å²) in [7, 11) is 1.15. The van der Waals surface area contributed by atoms with E-state index in [0.29, 0.717) is 0 Å². The zero-order valence-corrected chi connectivity index (χ0v) is 20.5. The van der Waals surface area contributed by atoms with Gasteiger partial charge >= 0.3 is 5.69 Å². The molecule has 2 aromatic rings. The summed E-state index contributed by atoms with van der Waals surface area (Å²) in [5.41, 5.74) is 3.25. The van der Waals surface area contributed by atoms with Crippen molar-refractivity contribution < 1.29 is 52.6 Å². The predicted molar refractivity (Wildman–Crippen MR) is 126 cm³/mol. The van der Waals surface area contributed by atoms with Crippen molar-refractivity contribution in [3.05, 3.63) is 74.8 Å². The first-order valence-electron chi connectivity index (χ1n) is 11.6. The van der Waals surface area contributed by atoms with Crippen LogP contribution in [0.5, 0.6) is 0 Å². The van der Waals surface area contributed by atoms with Crippen LogP contribution in [-0.4, -0.2) is 86.7 Å². The Labute approximate surface area is 222 Å². The fraction of sp³-hybridized carbons (Fsp3) is 0.391. The van der Waals surface area contributed by atoms with E-state index in [9.17, 15) is 43.3 Å². The highest BCUT2D eigenvalue weighted by Gasteiger charge is 2.52. The van der Waals surface area contributed by atoms with Crippen LogP contribution in [0.1, 0.15) is 6.23 Å². The second kappa shape index (κ2) is 11.6. The van der Waals surface area contributed by atoms with Crippen LogP contribution in [0, 0.1) is 11.6 Å². The molecule has 216 valence electrons. The molecule has 40 heavy (non-hydrogen) atoms. The molecule has 0 aliphatic carbocycles. The van der Waals surface area contributed by atoms with E-state index in [-0.39, 0.29) is 0 Å². The number of hydrogen-bond acceptors (Lipinski definition) is 11. The molecule has 0 unspecified atom stereocenters. The van der Waals surface area contributed by atoms with Gasteiger partial charge in [-0.05, 0) is 18.2 Å². The third kappa shape index (κ3) is 5.64. The molecule has 2 amide bonds. The Morgan fingerprint density at radius 2 is 1.90 bits per heavy atom. The van der Waals surface area contributed by atoms with E-state index in [2.05, 4.69) is 0 Å². The molecule has 0 bridgehead atoms. The lowest BCUT2D eigenvalue weighted by Gasteiger charge is -2.35. The molecule has 3 heterocycles. The predicted octanol–water partition coefficient (Wildman–Crippen LogP) is -2.44. The number of anilines is 1. The van der Waals surface area contributed by atoms with Gasteiger partial charge in [0, 0.05) is 19.4 Å². The third-order valence-electron chi connectivity index (χ3n) is 6.12. The van der Waals surface area contributed by atoms with Gasteiger partial charge < -0.3 is 45.3 Å². The van der Waals surface area contributed by atoms with E-state index < -0.39 is 95.3 Å². The number of carbonyl (C=O) groups excluding carboxylic acids is 2. The Hall–Kier alpha value is -4.00. The number of aliphatic hydroxyl groups excluding tert-OH is 3. The molecule has 7 N–H and O–H groups in total. The zero-order valence-electron chi connectivity index (χ0n) is 20.5. The number of nitrogens with two attached hydrogens (primary N) is 1. The topological polar surface area (TPSA) is 225 Å². The monoisotopic (exact) mass is 570 g/mol. The molecule has 8 atom stereocenters. The summed E-state index contributed by atoms with van der Waals surface area (Å²) in [5, 5.41) is 33.4. The number of benzene rings is 1. The van der Waals surface area contributed by atoms with Gasteiger partial charge in [0.1, 0.15) is 30.5 Å². The van der Waals surface area contributed by atoms with Crippen LogP contribution < -0.4 is 22.3 Å². The first kappa shape index (κ1) is 29.0. The number of nitrogens with zero attached hydrogens (tertiary/aromatic N) is 1. The number of aliphatic hydroxyl groups is 3. The van der Waals surface area contributed by atoms with Gasteiger partial charge in [-0.15, -0.1) is 0 Å². The van der Waals surface area contributed by atoms with Gasteiger partial charge in [0.2, 0.25) is 12.2 Å². The highest BCUT2D eigenvalue weighted by Crippen LogP contribution is 2.34. The van der Waals surface area contributed by atoms with E-state index in [1.165, 1.54) is 0 Å². The molecule has 1 saturated heterocycles. The first-order chi connectivity index (χ1) is 18.9. The van der Waals surface area contributed by atoms with Crippen LogP contribution in [0.2, 0.25) is 0 Å². The number of aromatic amines is 1. The molecule has 17 heteroatoms. The van der Waals surface area contributed by atoms with Gasteiger partial charge in [0.15, 0.2) is 29.7 Å². The lowest BCUT2D eigenvalue weighted by Crippen LogP contribution is -2.53. The molecule has 1 aromatic carbocycles. The minimum Gasteiger partial charge on any atom is -0.456 e. The number of H-pyrrole nitrogens is 1. The van der Waals surface area contributed by atoms with Crippen LogP contribution in [0.3, 0.4) is 0 Å². The number of nitrogens with one attached hydrogen (secondary N) is 2. The van der Waals surface area contributed by atoms with Crippen LogP contribution in [-0.2, 0) is 28.5 Å². The Kier molecular flexibility index (Phi) is 8.43. The summed E-state index contributed by atoms with van der Waals surface area (Å²) in [6, 6.07) is 3.99. The molecule has 1 aromatic heterocycles. The van der Waals surface area contributed by atoms with Crippen molar-refractivity contribution in [2.75, 3.05) is 12.4 Å². The lowest BCUT2D eigenvalue weighted by molar-refractivity contribution is -0.241. The number of methoxy groups -OCH3 is 1. The second-order valence-electron chi connectivity index (χ2n) is 8.71. The van der Waals surface area contributed by atoms with E-state index >= 15 is 0 Å². The fourth-order valence-corrected chi connectivity index (χ4v) is 4.17. The number of amides is 2. The van der Waals surface area contributed by atoms with Crippen molar-refractivity contribution in [3.8, 4) is 0 Å². The molecular weight excluding hydrogens is 546 g/mol. The van der Waals surface area contributed by atoms with Crippen molar-refractivity contribution in [2.24, 2.45) is 5.73 Å². The maximum atomic E-state index is 14.0. The van der Waals surface area contributed by atoms with Crippen molar-refractivity contribution >= 4 is 17.5 Å². The number of halogens is 2. The SMILES string of the molecule is CO[C@H]1[C@@H](O)[C@H](n2ccc(=O)[nH]c2=O)O[C@@H]1[C@@H](O[C@H]1OC(C(=O)Nc2cccc(F)c2F)=C[C@H](O)[C@@H]1O)C(N)=O. The Morgan fingerprint density at radius 1 is 1.18 bits per heavy atom. The van der Waals surface area contributed by atoms with E-state index in [0.717, 1.165) is 48.2 Å². The number of hydrogen-bond donors (Lipinski definition) is 6. The summed E-state index contributed by atoms with van der Waals surface area (Å²) < 4.78 is 50.0. The molecule has 15 nitrogen and oxygen atoms in total. The van der Waals surface area contributed by atoms with Gasteiger partial charge in [-0.1, -0.05) is 6.07 Å². The maximum absolute atomic E-state index is 14.0. The average molecular weight is 570 g/mol. The summed E-state index contributed by atoms with van der Waals surface area (Å²) in [6.07, 6.45) is -11.7. The van der Waals surface area contributed by atoms with Gasteiger partial charge in [-0.3, -0.25) is 23.9 Å². The van der Waals surface area contributed by atoms with Crippen molar-refractivity contribution in [1.82, 2.24) is 9.55 Å². The quantitative estimate of drug-likeness (QED) is 0.195. The largest absolute Gasteiger partial charge is 0.456 e. The molecule has 0 radical (unpaired) electrons. The summed E-state index contributed by atoms with van der Waals surface area (Å²) in [4.78, 5) is 50.6. The van der Waals surface area contributed by atoms with Crippen LogP contribution >= 0.6 is 0 Å². The number of carbonyl (C=O) groups is 2. The van der Waals surface area contributed by atoms with E-state index in [1.807, 2.05) is 10.3 Å². The minimum absolute atomic E-state index is 0.553. The van der Waals surface area contributed by atoms with Crippen molar-refractivity contribution in [3.63, 3.8) is 0 Å². The average Bonchev–Trinajstić information content (AvgIpc) is 3.22. The standard InChI is InChI=1S/C23H24F2N4O11/c1-37-16-15(33)21(29-6-5-12(31)28-23(29)36)39-17(16)18(19(26)34)40-22-14(32)10(30)7-11(38-22)20(35)27-9-4-2-3-8(24)13(9)25/h2-7,10,14-18,21-22,30,32-33H,1H3,(H2,26,34)(H,27,35)(H,28,31,36)/t10-,14-,15+,16-,17-,18+,21+,22+/m0/s1. The normalized spacial score (nSPS) is 28.9. The number of rotatable bonds is 8. The summed E-state index contributed by atoms with van der Waals surface area (Å²) in [5.74, 6) is -5.69. The molecule has 4 rings (SSSR count). The zero-order chi connectivity index (χ0) is 29.3. The molecule has 2 aliphatic rings. The minimum atomic E-state index is -1.95. The highest BCUT2D eigenvalue weighted by atomic mass is 19.2. The lowest BCUT2D eigenvalue weighted by atomic mass is 10.0.